The molecule has 0 atom stereocenters. The predicted octanol–water partition coefficient (Wildman–Crippen LogP) is 3.06. The van der Waals surface area contributed by atoms with Gasteiger partial charge in [-0.3, -0.25) is 20.4 Å². The molecule has 0 aromatic heterocycles. The van der Waals surface area contributed by atoms with Gasteiger partial charge in [-0.2, -0.15) is 0 Å². The monoisotopic (exact) mass is 378 g/mol. The van der Waals surface area contributed by atoms with E-state index in [1.54, 1.807) is 12.1 Å². The van der Waals surface area contributed by atoms with Gasteiger partial charge in [-0.05, 0) is 48.6 Å². The molecule has 3 aromatic carbocycles. The smallest absolute Gasteiger partial charge is 0.276 e. The summed E-state index contributed by atoms with van der Waals surface area (Å²) in [6, 6.07) is 19.0. The van der Waals surface area contributed by atoms with Crippen LogP contribution in [0.3, 0.4) is 0 Å². The number of amides is 2. The molecule has 0 bridgehead atoms. The Balaban J connectivity index is 1.43. The Hall–Kier alpha value is -3.54. The van der Waals surface area contributed by atoms with E-state index in [2.05, 4.69) is 10.9 Å². The number of hydrogen-bond donors (Lipinski definition) is 2. The highest BCUT2D eigenvalue weighted by atomic mass is 16.5. The number of fused-ring (bicyclic) bond motifs is 1. The molecule has 0 spiro atoms. The Morgan fingerprint density at radius 1 is 0.786 bits per heavy atom. The first kappa shape index (κ1) is 19.2. The van der Waals surface area contributed by atoms with E-state index in [0.29, 0.717) is 11.5 Å². The molecule has 0 aliphatic heterocycles. The molecule has 2 amide bonds. The van der Waals surface area contributed by atoms with E-state index in [9.17, 15) is 9.59 Å². The fourth-order valence-electron chi connectivity index (χ4n) is 2.63. The average Bonchev–Trinajstić information content (AvgIpc) is 2.71. The molecule has 0 fully saturated rings. The Labute approximate surface area is 163 Å². The largest absolute Gasteiger partial charge is 0.484 e. The number of aryl methyl sites for hydroxylation is 2. The molecule has 0 saturated carbocycles. The normalized spacial score (nSPS) is 10.4. The molecular formula is C22H22N2O4. The second-order valence-electron chi connectivity index (χ2n) is 6.40. The summed E-state index contributed by atoms with van der Waals surface area (Å²) in [6.45, 7) is 3.55. The third-order valence-corrected chi connectivity index (χ3v) is 4.30. The zero-order chi connectivity index (χ0) is 19.9. The molecule has 3 aromatic rings. The Kier molecular flexibility index (Phi) is 6.11. The highest BCUT2D eigenvalue weighted by molar-refractivity contribution is 5.89. The summed E-state index contributed by atoms with van der Waals surface area (Å²) in [7, 11) is 0. The maximum atomic E-state index is 11.9. The van der Waals surface area contributed by atoms with Gasteiger partial charge in [0.1, 0.15) is 11.5 Å². The van der Waals surface area contributed by atoms with Gasteiger partial charge in [0.15, 0.2) is 13.2 Å². The summed E-state index contributed by atoms with van der Waals surface area (Å²) in [5, 5.41) is 1.95. The van der Waals surface area contributed by atoms with Crippen LogP contribution in [0.15, 0.2) is 60.7 Å². The van der Waals surface area contributed by atoms with Crippen LogP contribution < -0.4 is 20.3 Å². The van der Waals surface area contributed by atoms with Crippen molar-refractivity contribution in [3.05, 3.63) is 71.8 Å². The molecule has 6 heteroatoms. The van der Waals surface area contributed by atoms with Crippen LogP contribution in [-0.2, 0) is 9.59 Å². The van der Waals surface area contributed by atoms with Crippen LogP contribution in [0.1, 0.15) is 11.1 Å². The summed E-state index contributed by atoms with van der Waals surface area (Å²) in [5.74, 6) is 0.283. The van der Waals surface area contributed by atoms with Gasteiger partial charge in [0.2, 0.25) is 0 Å². The second kappa shape index (κ2) is 8.90. The third-order valence-electron chi connectivity index (χ3n) is 4.30. The summed E-state index contributed by atoms with van der Waals surface area (Å²) in [6.07, 6.45) is 0. The number of carbonyl (C=O) groups excluding carboxylic acids is 2. The minimum atomic E-state index is -0.465. The zero-order valence-electron chi connectivity index (χ0n) is 15.8. The van der Waals surface area contributed by atoms with Gasteiger partial charge in [0.05, 0.1) is 0 Å². The average molecular weight is 378 g/mol. The van der Waals surface area contributed by atoms with Crippen molar-refractivity contribution in [1.29, 1.82) is 0 Å². The van der Waals surface area contributed by atoms with Crippen molar-refractivity contribution >= 4 is 22.6 Å². The van der Waals surface area contributed by atoms with Gasteiger partial charge in [0, 0.05) is 5.39 Å². The van der Waals surface area contributed by atoms with Crippen LogP contribution in [0.25, 0.3) is 10.8 Å². The first-order valence-corrected chi connectivity index (χ1v) is 8.91. The lowest BCUT2D eigenvalue weighted by Crippen LogP contribution is -2.45. The zero-order valence-corrected chi connectivity index (χ0v) is 15.8. The maximum absolute atomic E-state index is 11.9. The lowest BCUT2D eigenvalue weighted by molar-refractivity contribution is -0.130. The quantitative estimate of drug-likeness (QED) is 0.647. The minimum absolute atomic E-state index is 0.201. The summed E-state index contributed by atoms with van der Waals surface area (Å²) in [4.78, 5) is 23.8. The number of benzene rings is 3. The topological polar surface area (TPSA) is 76.7 Å². The lowest BCUT2D eigenvalue weighted by atomic mass is 10.1. The summed E-state index contributed by atoms with van der Waals surface area (Å²) in [5.41, 5.74) is 6.85. The third kappa shape index (κ3) is 5.01. The first-order valence-electron chi connectivity index (χ1n) is 8.91. The molecule has 144 valence electrons. The van der Waals surface area contributed by atoms with Crippen molar-refractivity contribution in [3.63, 3.8) is 0 Å². The van der Waals surface area contributed by atoms with Gasteiger partial charge in [-0.15, -0.1) is 0 Å². The summed E-state index contributed by atoms with van der Waals surface area (Å²) >= 11 is 0. The minimum Gasteiger partial charge on any atom is -0.484 e. The van der Waals surface area contributed by atoms with E-state index >= 15 is 0 Å². The van der Waals surface area contributed by atoms with Crippen LogP contribution in [0.2, 0.25) is 0 Å². The maximum Gasteiger partial charge on any atom is 0.276 e. The molecular weight excluding hydrogens is 356 g/mol. The highest BCUT2D eigenvalue weighted by Gasteiger charge is 2.08. The van der Waals surface area contributed by atoms with Gasteiger partial charge < -0.3 is 9.47 Å². The Morgan fingerprint density at radius 3 is 2.21 bits per heavy atom. The van der Waals surface area contributed by atoms with Crippen molar-refractivity contribution < 1.29 is 19.1 Å². The molecule has 0 saturated heterocycles. The molecule has 2 N–H and O–H groups in total. The SMILES string of the molecule is Cc1ccc(OCC(=O)NNC(=O)COc2cccc3ccccc23)cc1C. The molecule has 0 radical (unpaired) electrons. The fraction of sp³-hybridized carbons (Fsp3) is 0.182. The van der Waals surface area contributed by atoms with Crippen LogP contribution in [0, 0.1) is 13.8 Å². The first-order chi connectivity index (χ1) is 13.5. The second-order valence-corrected chi connectivity index (χ2v) is 6.40. The van der Waals surface area contributed by atoms with Crippen molar-refractivity contribution in [2.75, 3.05) is 13.2 Å². The molecule has 28 heavy (non-hydrogen) atoms. The molecule has 0 heterocycles. The van der Waals surface area contributed by atoms with E-state index in [1.807, 2.05) is 62.4 Å². The number of carbonyl (C=O) groups is 2. The van der Waals surface area contributed by atoms with Gasteiger partial charge in [0.25, 0.3) is 11.8 Å². The van der Waals surface area contributed by atoms with Crippen molar-refractivity contribution in [3.8, 4) is 11.5 Å². The molecule has 0 aliphatic rings. The van der Waals surface area contributed by atoms with Crippen LogP contribution in [0.4, 0.5) is 0 Å². The van der Waals surface area contributed by atoms with E-state index in [1.165, 1.54) is 0 Å². The van der Waals surface area contributed by atoms with Crippen LogP contribution >= 0.6 is 0 Å². The van der Waals surface area contributed by atoms with Gasteiger partial charge >= 0.3 is 0 Å². The number of rotatable bonds is 6. The molecule has 3 rings (SSSR count). The van der Waals surface area contributed by atoms with E-state index < -0.39 is 11.8 Å². The predicted molar refractivity (Wildman–Crippen MR) is 107 cm³/mol. The van der Waals surface area contributed by atoms with E-state index in [-0.39, 0.29) is 13.2 Å². The standard InChI is InChI=1S/C22H22N2O4/c1-15-10-11-18(12-16(15)2)27-13-21(25)23-24-22(26)14-28-20-9-5-7-17-6-3-4-8-19(17)20/h3-12H,13-14H2,1-2H3,(H,23,25)(H,24,26). The van der Waals surface area contributed by atoms with Crippen LogP contribution in [-0.4, -0.2) is 25.0 Å². The summed E-state index contributed by atoms with van der Waals surface area (Å²) < 4.78 is 11.0. The van der Waals surface area contributed by atoms with Gasteiger partial charge in [-0.1, -0.05) is 42.5 Å². The van der Waals surface area contributed by atoms with Gasteiger partial charge in [-0.25, -0.2) is 0 Å². The highest BCUT2D eigenvalue weighted by Crippen LogP contribution is 2.24. The molecule has 0 aliphatic carbocycles. The van der Waals surface area contributed by atoms with Crippen molar-refractivity contribution in [2.24, 2.45) is 0 Å². The molecule has 0 unspecified atom stereocenters. The Morgan fingerprint density at radius 2 is 1.46 bits per heavy atom. The number of ether oxygens (including phenoxy) is 2. The number of hydrogen-bond acceptors (Lipinski definition) is 4. The van der Waals surface area contributed by atoms with Crippen molar-refractivity contribution in [2.45, 2.75) is 13.8 Å². The van der Waals surface area contributed by atoms with Crippen LogP contribution in [0.5, 0.6) is 11.5 Å². The van der Waals surface area contributed by atoms with Crippen molar-refractivity contribution in [1.82, 2.24) is 10.9 Å². The van der Waals surface area contributed by atoms with E-state index in [4.69, 9.17) is 9.47 Å². The fourth-order valence-corrected chi connectivity index (χ4v) is 2.63. The lowest BCUT2D eigenvalue weighted by Gasteiger charge is -2.11. The Bertz CT molecular complexity index is 995. The molecule has 6 nitrogen and oxygen atoms in total. The number of hydrazine groups is 1. The number of nitrogens with one attached hydrogen (secondary N) is 2. The van der Waals surface area contributed by atoms with E-state index in [0.717, 1.165) is 21.9 Å².